The topological polar surface area (TPSA) is 76.3 Å². The fourth-order valence-electron chi connectivity index (χ4n) is 4.20. The Kier molecular flexibility index (Phi) is 3.71. The number of nitrogens with zero attached hydrogens (tertiary/aromatic N) is 3. The number of hydrogen-bond donors (Lipinski definition) is 0. The normalized spacial score (nSPS) is 22.2. The Bertz CT molecular complexity index is 901. The summed E-state index contributed by atoms with van der Waals surface area (Å²) in [5, 5.41) is 0. The van der Waals surface area contributed by atoms with E-state index in [1.54, 1.807) is 6.92 Å². The molecule has 6 nitrogen and oxygen atoms in total. The van der Waals surface area contributed by atoms with Crippen LogP contribution in [0.2, 0.25) is 0 Å². The second-order valence-electron chi connectivity index (χ2n) is 7.17. The zero-order valence-electron chi connectivity index (χ0n) is 14.5. The summed E-state index contributed by atoms with van der Waals surface area (Å²) in [5.41, 5.74) is 2.00. The molecule has 2 aromatic heterocycles. The van der Waals surface area contributed by atoms with Crippen molar-refractivity contribution in [2.24, 2.45) is 0 Å². The lowest BCUT2D eigenvalue weighted by Crippen LogP contribution is -2.48. The Hall–Kier alpha value is -2.50. The molecule has 2 aromatic rings. The predicted octanol–water partition coefficient (Wildman–Crippen LogP) is 2.17. The number of amides is 1. The second kappa shape index (κ2) is 5.79. The minimum atomic E-state index is -0.209. The summed E-state index contributed by atoms with van der Waals surface area (Å²) in [6, 6.07) is 2.67. The van der Waals surface area contributed by atoms with Crippen molar-refractivity contribution in [3.63, 3.8) is 0 Å². The van der Waals surface area contributed by atoms with Gasteiger partial charge in [-0.05, 0) is 45.1 Å². The van der Waals surface area contributed by atoms with Gasteiger partial charge in [-0.25, -0.2) is 9.97 Å². The molecule has 0 radical (unpaired) electrons. The third-order valence-electron chi connectivity index (χ3n) is 5.32. The summed E-state index contributed by atoms with van der Waals surface area (Å²) in [6.07, 6.45) is 5.81. The standard InChI is InChI=1S/C19H21N3O3/c1-12-8-15(23)9-16(25-12)18(24)22-7-3-5-19(11-22)6-4-14-10-20-13(2)21-17(14)19/h8-10H,3-7,11H2,1-2H3. The number of fused-ring (bicyclic) bond motifs is 2. The van der Waals surface area contributed by atoms with Gasteiger partial charge in [0.05, 0.1) is 5.69 Å². The van der Waals surface area contributed by atoms with Crippen LogP contribution in [0.15, 0.2) is 27.5 Å². The fraction of sp³-hybridized carbons (Fsp3) is 0.474. The third kappa shape index (κ3) is 2.75. The maximum Gasteiger partial charge on any atom is 0.289 e. The molecule has 1 atom stereocenters. The van der Waals surface area contributed by atoms with Crippen LogP contribution in [0.25, 0.3) is 0 Å². The van der Waals surface area contributed by atoms with E-state index in [4.69, 9.17) is 9.40 Å². The van der Waals surface area contributed by atoms with Crippen molar-refractivity contribution in [2.45, 2.75) is 44.9 Å². The third-order valence-corrected chi connectivity index (χ3v) is 5.32. The van der Waals surface area contributed by atoms with Gasteiger partial charge in [-0.15, -0.1) is 0 Å². The van der Waals surface area contributed by atoms with Crippen molar-refractivity contribution in [1.29, 1.82) is 0 Å². The maximum atomic E-state index is 12.9. The van der Waals surface area contributed by atoms with Crippen molar-refractivity contribution >= 4 is 5.91 Å². The predicted molar refractivity (Wildman–Crippen MR) is 91.6 cm³/mol. The average Bonchev–Trinajstić information content (AvgIpc) is 2.91. The Balaban J connectivity index is 1.65. The number of carbonyl (C=O) groups is 1. The average molecular weight is 339 g/mol. The highest BCUT2D eigenvalue weighted by Crippen LogP contribution is 2.44. The molecule has 2 aliphatic rings. The molecule has 1 amide bonds. The minimum absolute atomic E-state index is 0.0962. The van der Waals surface area contributed by atoms with E-state index in [0.717, 1.165) is 37.2 Å². The number of aryl methyl sites for hydroxylation is 3. The SMILES string of the molecule is Cc1ncc2c(n1)C1(CCCN(C(=O)c3cc(=O)cc(C)o3)C1)CC2. The van der Waals surface area contributed by atoms with Gasteiger partial charge in [0.15, 0.2) is 11.2 Å². The summed E-state index contributed by atoms with van der Waals surface area (Å²) < 4.78 is 5.50. The lowest BCUT2D eigenvalue weighted by Gasteiger charge is -2.40. The quantitative estimate of drug-likeness (QED) is 0.796. The van der Waals surface area contributed by atoms with Crippen molar-refractivity contribution in [3.8, 4) is 0 Å². The van der Waals surface area contributed by atoms with E-state index < -0.39 is 0 Å². The molecule has 1 spiro atoms. The highest BCUT2D eigenvalue weighted by Gasteiger charge is 2.45. The fourth-order valence-corrected chi connectivity index (χ4v) is 4.20. The first kappa shape index (κ1) is 16.0. The highest BCUT2D eigenvalue weighted by atomic mass is 16.3. The van der Waals surface area contributed by atoms with Crippen LogP contribution in [0.5, 0.6) is 0 Å². The van der Waals surface area contributed by atoms with Gasteiger partial charge in [0.1, 0.15) is 11.6 Å². The Morgan fingerprint density at radius 2 is 2.12 bits per heavy atom. The first-order valence-corrected chi connectivity index (χ1v) is 8.71. The summed E-state index contributed by atoms with van der Waals surface area (Å²) in [4.78, 5) is 35.4. The number of hydrogen-bond acceptors (Lipinski definition) is 5. The van der Waals surface area contributed by atoms with Gasteiger partial charge in [0.25, 0.3) is 5.91 Å². The molecule has 1 aliphatic heterocycles. The van der Waals surface area contributed by atoms with Gasteiger partial charge in [0.2, 0.25) is 0 Å². The Labute approximate surface area is 145 Å². The lowest BCUT2D eigenvalue weighted by molar-refractivity contribution is 0.0597. The first-order valence-electron chi connectivity index (χ1n) is 8.71. The van der Waals surface area contributed by atoms with Crippen LogP contribution >= 0.6 is 0 Å². The van der Waals surface area contributed by atoms with E-state index in [1.807, 2.05) is 18.0 Å². The van der Waals surface area contributed by atoms with Gasteiger partial charge in [0, 0.05) is 36.8 Å². The molecule has 130 valence electrons. The molecule has 3 heterocycles. The lowest BCUT2D eigenvalue weighted by atomic mass is 9.77. The monoisotopic (exact) mass is 339 g/mol. The van der Waals surface area contributed by atoms with Crippen LogP contribution in [0.1, 0.15) is 52.7 Å². The van der Waals surface area contributed by atoms with Crippen LogP contribution in [-0.4, -0.2) is 33.9 Å². The Morgan fingerprint density at radius 3 is 2.92 bits per heavy atom. The zero-order chi connectivity index (χ0) is 17.6. The molecule has 0 saturated carbocycles. The van der Waals surface area contributed by atoms with Gasteiger partial charge in [-0.3, -0.25) is 9.59 Å². The molecule has 0 aromatic carbocycles. The van der Waals surface area contributed by atoms with Crippen LogP contribution in [0.4, 0.5) is 0 Å². The summed E-state index contributed by atoms with van der Waals surface area (Å²) >= 11 is 0. The molecule has 6 heteroatoms. The number of aromatic nitrogens is 2. The van der Waals surface area contributed by atoms with Crippen LogP contribution in [0.3, 0.4) is 0 Å². The van der Waals surface area contributed by atoms with Gasteiger partial charge < -0.3 is 9.32 Å². The number of rotatable bonds is 1. The van der Waals surface area contributed by atoms with E-state index in [-0.39, 0.29) is 22.5 Å². The van der Waals surface area contributed by atoms with Crippen LogP contribution in [0, 0.1) is 13.8 Å². The molecule has 1 aliphatic carbocycles. The molecule has 4 rings (SSSR count). The largest absolute Gasteiger partial charge is 0.456 e. The molecular weight excluding hydrogens is 318 g/mol. The zero-order valence-corrected chi connectivity index (χ0v) is 14.5. The van der Waals surface area contributed by atoms with E-state index in [1.165, 1.54) is 17.7 Å². The number of likely N-dealkylation sites (tertiary alicyclic amines) is 1. The summed E-state index contributed by atoms with van der Waals surface area (Å²) in [5.74, 6) is 1.14. The second-order valence-corrected chi connectivity index (χ2v) is 7.17. The first-order chi connectivity index (χ1) is 12.0. The van der Waals surface area contributed by atoms with Gasteiger partial charge >= 0.3 is 0 Å². The van der Waals surface area contributed by atoms with Crippen molar-refractivity contribution in [2.75, 3.05) is 13.1 Å². The minimum Gasteiger partial charge on any atom is -0.456 e. The van der Waals surface area contributed by atoms with Crippen molar-refractivity contribution in [1.82, 2.24) is 14.9 Å². The van der Waals surface area contributed by atoms with Crippen molar-refractivity contribution in [3.05, 3.63) is 57.2 Å². The highest BCUT2D eigenvalue weighted by molar-refractivity contribution is 5.91. The van der Waals surface area contributed by atoms with Gasteiger partial charge in [-0.1, -0.05) is 0 Å². The maximum absolute atomic E-state index is 12.9. The van der Waals surface area contributed by atoms with E-state index in [0.29, 0.717) is 18.8 Å². The smallest absolute Gasteiger partial charge is 0.289 e. The van der Waals surface area contributed by atoms with Crippen molar-refractivity contribution < 1.29 is 9.21 Å². The molecule has 1 saturated heterocycles. The number of carbonyl (C=O) groups excluding carboxylic acids is 1. The van der Waals surface area contributed by atoms with E-state index in [2.05, 4.69) is 4.98 Å². The van der Waals surface area contributed by atoms with Gasteiger partial charge in [-0.2, -0.15) is 0 Å². The van der Waals surface area contributed by atoms with Crippen LogP contribution < -0.4 is 5.43 Å². The van der Waals surface area contributed by atoms with E-state index in [9.17, 15) is 9.59 Å². The molecule has 25 heavy (non-hydrogen) atoms. The molecule has 1 fully saturated rings. The molecule has 0 N–H and O–H groups in total. The summed E-state index contributed by atoms with van der Waals surface area (Å²) in [7, 11) is 0. The molecule has 1 unspecified atom stereocenters. The summed E-state index contributed by atoms with van der Waals surface area (Å²) in [6.45, 7) is 4.88. The molecular formula is C19H21N3O3. The van der Waals surface area contributed by atoms with Crippen LogP contribution in [-0.2, 0) is 11.8 Å². The van der Waals surface area contributed by atoms with E-state index >= 15 is 0 Å². The Morgan fingerprint density at radius 1 is 1.28 bits per heavy atom. The molecule has 0 bridgehead atoms. The number of piperidine rings is 1.